The Balaban J connectivity index is 1.11. The maximum Gasteiger partial charge on any atom is 0.316 e. The highest BCUT2D eigenvalue weighted by Crippen LogP contribution is 2.40. The Hall–Kier alpha value is -2.74. The summed E-state index contributed by atoms with van der Waals surface area (Å²) < 4.78 is 13.2. The van der Waals surface area contributed by atoms with Crippen LogP contribution in [0.3, 0.4) is 0 Å². The predicted molar refractivity (Wildman–Crippen MR) is 102 cm³/mol. The van der Waals surface area contributed by atoms with Crippen LogP contribution in [0.25, 0.3) is 11.1 Å². The lowest BCUT2D eigenvalue weighted by Gasteiger charge is -2.30. The lowest BCUT2D eigenvalue weighted by Crippen LogP contribution is -2.38. The highest BCUT2D eigenvalue weighted by Gasteiger charge is 2.28. The molecule has 1 aliphatic heterocycles. The molecule has 3 aromatic heterocycles. The molecule has 2 aliphatic rings. The molecule has 5 rings (SSSR count). The quantitative estimate of drug-likeness (QED) is 0.650. The minimum Gasteiger partial charge on any atom is -0.460 e. The molecule has 4 heterocycles. The maximum atomic E-state index is 5.99. The normalized spacial score (nSPS) is 18.5. The number of hydrogen-bond acceptors (Lipinski definition) is 7. The van der Waals surface area contributed by atoms with E-state index < -0.39 is 0 Å². The van der Waals surface area contributed by atoms with E-state index in [-0.39, 0.29) is 6.10 Å². The van der Waals surface area contributed by atoms with Gasteiger partial charge in [-0.2, -0.15) is 5.10 Å². The maximum absolute atomic E-state index is 5.99. The summed E-state index contributed by atoms with van der Waals surface area (Å²) in [5.41, 5.74) is 2.98. The van der Waals surface area contributed by atoms with Gasteiger partial charge >= 0.3 is 6.01 Å². The molecule has 0 atom stereocenters. The molecule has 2 fully saturated rings. The average Bonchev–Trinajstić information content (AvgIpc) is 3.31. The second kappa shape index (κ2) is 7.35. The molecule has 8 heteroatoms. The Morgan fingerprint density at radius 3 is 2.54 bits per heavy atom. The summed E-state index contributed by atoms with van der Waals surface area (Å²) in [6.07, 6.45) is 11.9. The molecule has 0 radical (unpaired) electrons. The molecule has 0 bridgehead atoms. The molecule has 0 spiro atoms. The molecule has 146 valence electrons. The minimum absolute atomic E-state index is 0.153. The number of aromatic nitrogens is 5. The van der Waals surface area contributed by atoms with Gasteiger partial charge in [0.2, 0.25) is 0 Å². The summed E-state index contributed by atoms with van der Waals surface area (Å²) in [7, 11) is 1.89. The van der Waals surface area contributed by atoms with Crippen LogP contribution >= 0.6 is 0 Å². The molecule has 0 N–H and O–H groups in total. The Kier molecular flexibility index (Phi) is 4.56. The largest absolute Gasteiger partial charge is 0.460 e. The van der Waals surface area contributed by atoms with Crippen molar-refractivity contribution in [3.63, 3.8) is 0 Å². The standard InChI is InChI=1S/C20H24N6O2/c1-25-12-16(11-23-25)15-9-21-20(22-10-15)27-18-4-6-26(7-5-18)13-17-8-19(28-24-17)14-2-3-14/h8-12,14,18H,2-7,13H2,1H3. The van der Waals surface area contributed by atoms with Crippen LogP contribution in [0.2, 0.25) is 0 Å². The van der Waals surface area contributed by atoms with E-state index in [4.69, 9.17) is 9.26 Å². The SMILES string of the molecule is Cn1cc(-c2cnc(OC3CCN(Cc4cc(C5CC5)on4)CC3)nc2)cn1. The van der Waals surface area contributed by atoms with Crippen molar-refractivity contribution in [1.82, 2.24) is 29.8 Å². The van der Waals surface area contributed by atoms with Gasteiger partial charge in [-0.25, -0.2) is 9.97 Å². The first kappa shape index (κ1) is 17.4. The summed E-state index contributed by atoms with van der Waals surface area (Å²) in [6, 6.07) is 2.56. The smallest absolute Gasteiger partial charge is 0.316 e. The van der Waals surface area contributed by atoms with E-state index in [9.17, 15) is 0 Å². The van der Waals surface area contributed by atoms with E-state index in [2.05, 4.69) is 31.2 Å². The summed E-state index contributed by atoms with van der Waals surface area (Å²) in [6.45, 7) is 2.80. The summed E-state index contributed by atoms with van der Waals surface area (Å²) >= 11 is 0. The van der Waals surface area contributed by atoms with Gasteiger partial charge in [-0.15, -0.1) is 0 Å². The average molecular weight is 380 g/mol. The molecule has 3 aromatic rings. The number of likely N-dealkylation sites (tertiary alicyclic amines) is 1. The molecule has 0 amide bonds. The van der Waals surface area contributed by atoms with Gasteiger partial charge in [0.1, 0.15) is 11.9 Å². The third-order valence-corrected chi connectivity index (χ3v) is 5.42. The topological polar surface area (TPSA) is 82.1 Å². The molecule has 28 heavy (non-hydrogen) atoms. The summed E-state index contributed by atoms with van der Waals surface area (Å²) in [4.78, 5) is 11.1. The lowest BCUT2D eigenvalue weighted by atomic mass is 10.1. The van der Waals surface area contributed by atoms with E-state index in [1.165, 1.54) is 12.8 Å². The van der Waals surface area contributed by atoms with Crippen molar-refractivity contribution in [2.45, 2.75) is 44.2 Å². The fraction of sp³-hybridized carbons (Fsp3) is 0.500. The number of aryl methyl sites for hydroxylation is 1. The van der Waals surface area contributed by atoms with E-state index in [0.717, 1.165) is 55.1 Å². The van der Waals surface area contributed by atoms with Crippen molar-refractivity contribution in [2.75, 3.05) is 13.1 Å². The first-order valence-electron chi connectivity index (χ1n) is 9.88. The molecule has 1 aliphatic carbocycles. The van der Waals surface area contributed by atoms with E-state index in [0.29, 0.717) is 11.9 Å². The number of rotatable bonds is 6. The van der Waals surface area contributed by atoms with E-state index >= 15 is 0 Å². The van der Waals surface area contributed by atoms with Crippen LogP contribution in [-0.2, 0) is 13.6 Å². The first-order chi connectivity index (χ1) is 13.7. The van der Waals surface area contributed by atoms with Crippen LogP contribution in [0, 0.1) is 0 Å². The van der Waals surface area contributed by atoms with Crippen molar-refractivity contribution in [3.8, 4) is 17.1 Å². The van der Waals surface area contributed by atoms with Gasteiger partial charge in [0, 0.05) is 68.4 Å². The molecule has 1 saturated heterocycles. The third-order valence-electron chi connectivity index (χ3n) is 5.42. The first-order valence-corrected chi connectivity index (χ1v) is 9.88. The number of ether oxygens (including phenoxy) is 1. The van der Waals surface area contributed by atoms with Crippen LogP contribution in [0.5, 0.6) is 6.01 Å². The molecule has 1 saturated carbocycles. The fourth-order valence-electron chi connectivity index (χ4n) is 3.62. The minimum atomic E-state index is 0.153. The van der Waals surface area contributed by atoms with Crippen molar-refractivity contribution < 1.29 is 9.26 Å². The zero-order valence-corrected chi connectivity index (χ0v) is 16.0. The van der Waals surface area contributed by atoms with Crippen LogP contribution in [0.1, 0.15) is 43.1 Å². The van der Waals surface area contributed by atoms with Crippen molar-refractivity contribution in [3.05, 3.63) is 42.3 Å². The zero-order valence-electron chi connectivity index (χ0n) is 16.0. The number of piperidine rings is 1. The molecule has 0 aromatic carbocycles. The van der Waals surface area contributed by atoms with Gasteiger partial charge in [0.05, 0.1) is 11.9 Å². The fourth-order valence-corrected chi connectivity index (χ4v) is 3.62. The molecular weight excluding hydrogens is 356 g/mol. The lowest BCUT2D eigenvalue weighted by molar-refractivity contribution is 0.0881. The molecular formula is C20H24N6O2. The highest BCUT2D eigenvalue weighted by molar-refractivity contribution is 5.59. The number of nitrogens with zero attached hydrogens (tertiary/aromatic N) is 6. The van der Waals surface area contributed by atoms with Gasteiger partial charge in [-0.3, -0.25) is 9.58 Å². The van der Waals surface area contributed by atoms with Crippen LogP contribution < -0.4 is 4.74 Å². The second-order valence-electron chi connectivity index (χ2n) is 7.75. The predicted octanol–water partition coefficient (Wildman–Crippen LogP) is 2.79. The van der Waals surface area contributed by atoms with Gasteiger partial charge in [-0.1, -0.05) is 5.16 Å². The molecule has 8 nitrogen and oxygen atoms in total. The summed E-state index contributed by atoms with van der Waals surface area (Å²) in [5.74, 6) is 1.67. The third kappa shape index (κ3) is 3.91. The van der Waals surface area contributed by atoms with Crippen molar-refractivity contribution in [2.24, 2.45) is 7.05 Å². The van der Waals surface area contributed by atoms with E-state index in [1.807, 2.05) is 13.2 Å². The van der Waals surface area contributed by atoms with Crippen LogP contribution in [0.15, 0.2) is 35.4 Å². The Bertz CT molecular complexity index is 922. The molecule has 0 unspecified atom stereocenters. The highest BCUT2D eigenvalue weighted by atomic mass is 16.5. The van der Waals surface area contributed by atoms with E-state index in [1.54, 1.807) is 23.3 Å². The number of hydrogen-bond donors (Lipinski definition) is 0. The van der Waals surface area contributed by atoms with Crippen LogP contribution in [0.4, 0.5) is 0 Å². The zero-order chi connectivity index (χ0) is 18.9. The monoisotopic (exact) mass is 380 g/mol. The Labute approximate surface area is 163 Å². The Morgan fingerprint density at radius 1 is 1.07 bits per heavy atom. The van der Waals surface area contributed by atoms with Gasteiger partial charge < -0.3 is 9.26 Å². The Morgan fingerprint density at radius 2 is 1.86 bits per heavy atom. The van der Waals surface area contributed by atoms with Gasteiger partial charge in [0.15, 0.2) is 0 Å². The van der Waals surface area contributed by atoms with Gasteiger partial charge in [-0.05, 0) is 25.7 Å². The second-order valence-corrected chi connectivity index (χ2v) is 7.75. The van der Waals surface area contributed by atoms with Crippen LogP contribution in [-0.4, -0.2) is 49.0 Å². The van der Waals surface area contributed by atoms with Crippen molar-refractivity contribution in [1.29, 1.82) is 0 Å². The van der Waals surface area contributed by atoms with Crippen molar-refractivity contribution >= 4 is 0 Å². The van der Waals surface area contributed by atoms with Gasteiger partial charge in [0.25, 0.3) is 0 Å². The summed E-state index contributed by atoms with van der Waals surface area (Å²) in [5, 5.41) is 8.39.